The average Bonchev–Trinajstić information content (AvgIpc) is 3.72. The van der Waals surface area contributed by atoms with Gasteiger partial charge in [0, 0.05) is 31.9 Å². The van der Waals surface area contributed by atoms with E-state index < -0.39 is 41.8 Å². The number of carbonyl (C=O) groups excluding carboxylic acids is 3. The van der Waals surface area contributed by atoms with E-state index in [4.69, 9.17) is 4.74 Å². The zero-order valence-electron chi connectivity index (χ0n) is 30.2. The summed E-state index contributed by atoms with van der Waals surface area (Å²) in [5.74, 6) is -1.66. The van der Waals surface area contributed by atoms with Gasteiger partial charge in [0.15, 0.2) is 0 Å². The maximum Gasteiger partial charge on any atom is 0.573 e. The van der Waals surface area contributed by atoms with Crippen molar-refractivity contribution in [2.24, 2.45) is 5.41 Å². The van der Waals surface area contributed by atoms with Crippen molar-refractivity contribution in [2.75, 3.05) is 26.7 Å². The van der Waals surface area contributed by atoms with Crippen molar-refractivity contribution < 1.29 is 41.4 Å². The lowest BCUT2D eigenvalue weighted by atomic mass is 9.85. The molecular formula is C38H44F4N6O5. The van der Waals surface area contributed by atoms with Gasteiger partial charge in [0.1, 0.15) is 40.8 Å². The van der Waals surface area contributed by atoms with E-state index in [9.17, 15) is 31.9 Å². The third kappa shape index (κ3) is 10.2. The number of amides is 3. The first-order valence-electron chi connectivity index (χ1n) is 17.3. The topological polar surface area (TPSA) is 118 Å². The molecule has 1 aliphatic heterocycles. The molecule has 1 aliphatic rings. The number of benzene rings is 2. The number of nitrogens with zero attached hydrogens (tertiary/aromatic N) is 4. The lowest BCUT2D eigenvalue weighted by Gasteiger charge is -2.37. The number of halogens is 4. The van der Waals surface area contributed by atoms with Crippen molar-refractivity contribution in [3.8, 4) is 11.5 Å². The van der Waals surface area contributed by atoms with Crippen LogP contribution in [0.15, 0.2) is 79.1 Å². The van der Waals surface area contributed by atoms with E-state index in [2.05, 4.69) is 20.4 Å². The van der Waals surface area contributed by atoms with Crippen molar-refractivity contribution in [3.63, 3.8) is 0 Å². The molecule has 0 spiro atoms. The SMILES string of the molecule is CNC(C)C(=O)NC(C(=O)N1CC(Oc2ccc(OC(F)(F)F)cc2)CC1CN(CCc1ccc(F)cc1)C(=O)c1cn2ccccc2n1)C(C)(C)C. The Morgan fingerprint density at radius 1 is 1.00 bits per heavy atom. The highest BCUT2D eigenvalue weighted by Gasteiger charge is 2.44. The first-order valence-corrected chi connectivity index (χ1v) is 17.3. The molecule has 5 rings (SSSR count). The molecule has 53 heavy (non-hydrogen) atoms. The molecule has 2 aromatic heterocycles. The molecular weight excluding hydrogens is 696 g/mol. The second kappa shape index (κ2) is 16.2. The van der Waals surface area contributed by atoms with Gasteiger partial charge in [0.25, 0.3) is 5.91 Å². The molecule has 1 fully saturated rings. The normalized spacial score (nSPS) is 17.3. The minimum atomic E-state index is -4.85. The van der Waals surface area contributed by atoms with Crippen LogP contribution in [0.1, 0.15) is 50.2 Å². The minimum Gasteiger partial charge on any atom is -0.489 e. The number of imidazole rings is 1. The van der Waals surface area contributed by atoms with E-state index in [1.54, 1.807) is 58.8 Å². The molecule has 284 valence electrons. The van der Waals surface area contributed by atoms with Gasteiger partial charge in [-0.1, -0.05) is 39.0 Å². The fourth-order valence-electron chi connectivity index (χ4n) is 6.17. The Hall–Kier alpha value is -5.18. The number of hydrogen-bond acceptors (Lipinski definition) is 7. The van der Waals surface area contributed by atoms with Crippen LogP contribution in [0.25, 0.3) is 5.65 Å². The van der Waals surface area contributed by atoms with Crippen molar-refractivity contribution in [2.45, 2.75) is 71.1 Å². The van der Waals surface area contributed by atoms with Crippen LogP contribution < -0.4 is 20.1 Å². The van der Waals surface area contributed by atoms with E-state index in [0.717, 1.165) is 17.7 Å². The monoisotopic (exact) mass is 740 g/mol. The maximum atomic E-state index is 14.5. The number of pyridine rings is 1. The van der Waals surface area contributed by atoms with Crippen LogP contribution in [-0.2, 0) is 16.0 Å². The summed E-state index contributed by atoms with van der Waals surface area (Å²) in [5, 5.41) is 5.78. The van der Waals surface area contributed by atoms with Crippen LogP contribution in [0.2, 0.25) is 0 Å². The summed E-state index contributed by atoms with van der Waals surface area (Å²) < 4.78 is 63.8. The van der Waals surface area contributed by atoms with E-state index >= 15 is 0 Å². The predicted octanol–water partition coefficient (Wildman–Crippen LogP) is 5.24. The molecule has 1 saturated heterocycles. The molecule has 0 radical (unpaired) electrons. The maximum absolute atomic E-state index is 14.5. The van der Waals surface area contributed by atoms with Gasteiger partial charge in [-0.25, -0.2) is 9.37 Å². The number of fused-ring (bicyclic) bond motifs is 1. The average molecular weight is 741 g/mol. The molecule has 3 amide bonds. The summed E-state index contributed by atoms with van der Waals surface area (Å²) in [6.07, 6.45) is -1.42. The smallest absolute Gasteiger partial charge is 0.489 e. The van der Waals surface area contributed by atoms with Crippen molar-refractivity contribution in [1.82, 2.24) is 29.8 Å². The quantitative estimate of drug-likeness (QED) is 0.180. The summed E-state index contributed by atoms with van der Waals surface area (Å²) in [5.41, 5.74) is 0.853. The van der Waals surface area contributed by atoms with Gasteiger partial charge in [-0.2, -0.15) is 0 Å². The Bertz CT molecular complexity index is 1840. The number of rotatable bonds is 13. The number of aromatic nitrogens is 2. The fraction of sp³-hybridized carbons (Fsp3) is 0.421. The van der Waals surface area contributed by atoms with Crippen molar-refractivity contribution in [3.05, 3.63) is 96.2 Å². The number of carbonyl (C=O) groups is 3. The first kappa shape index (κ1) is 39.0. The Labute approximate surface area is 305 Å². The Balaban J connectivity index is 1.45. The zero-order valence-corrected chi connectivity index (χ0v) is 30.2. The molecule has 2 aromatic carbocycles. The van der Waals surface area contributed by atoms with E-state index in [1.165, 1.54) is 24.3 Å². The van der Waals surface area contributed by atoms with Crippen molar-refractivity contribution >= 4 is 23.4 Å². The molecule has 4 aromatic rings. The summed E-state index contributed by atoms with van der Waals surface area (Å²) >= 11 is 0. The second-order valence-corrected chi connectivity index (χ2v) is 14.2. The number of likely N-dealkylation sites (N-methyl/N-ethyl adjacent to an activating group) is 1. The molecule has 4 atom stereocenters. The fourth-order valence-corrected chi connectivity index (χ4v) is 6.17. The van der Waals surface area contributed by atoms with E-state index in [-0.39, 0.29) is 61.0 Å². The van der Waals surface area contributed by atoms with Gasteiger partial charge in [-0.15, -0.1) is 13.2 Å². The Morgan fingerprint density at radius 3 is 2.30 bits per heavy atom. The Morgan fingerprint density at radius 2 is 1.68 bits per heavy atom. The number of nitrogens with one attached hydrogen (secondary N) is 2. The third-order valence-corrected chi connectivity index (χ3v) is 9.13. The molecule has 3 heterocycles. The molecule has 0 aliphatic carbocycles. The summed E-state index contributed by atoms with van der Waals surface area (Å²) in [6.45, 7) is 7.54. The van der Waals surface area contributed by atoms with Crippen LogP contribution in [0, 0.1) is 11.2 Å². The van der Waals surface area contributed by atoms with E-state index in [1.807, 2.05) is 32.9 Å². The first-order chi connectivity index (χ1) is 25.0. The van der Waals surface area contributed by atoms with Gasteiger partial charge in [0.05, 0.1) is 18.6 Å². The molecule has 2 N–H and O–H groups in total. The second-order valence-electron chi connectivity index (χ2n) is 14.2. The summed E-state index contributed by atoms with van der Waals surface area (Å²) in [6, 6.07) is 14.2. The van der Waals surface area contributed by atoms with Gasteiger partial charge in [0.2, 0.25) is 11.8 Å². The number of hydrogen-bond donors (Lipinski definition) is 2. The highest BCUT2D eigenvalue weighted by atomic mass is 19.4. The highest BCUT2D eigenvalue weighted by molar-refractivity contribution is 5.93. The largest absolute Gasteiger partial charge is 0.573 e. The highest BCUT2D eigenvalue weighted by Crippen LogP contribution is 2.31. The molecule has 15 heteroatoms. The third-order valence-electron chi connectivity index (χ3n) is 9.13. The number of ether oxygens (including phenoxy) is 2. The minimum absolute atomic E-state index is 0.0651. The molecule has 0 bridgehead atoms. The van der Waals surface area contributed by atoms with Gasteiger partial charge >= 0.3 is 6.36 Å². The van der Waals surface area contributed by atoms with Crippen molar-refractivity contribution in [1.29, 1.82) is 0 Å². The number of likely N-dealkylation sites (tertiary alicyclic amines) is 1. The molecule has 4 unspecified atom stereocenters. The van der Waals surface area contributed by atoms with Crippen LogP contribution in [0.3, 0.4) is 0 Å². The zero-order chi connectivity index (χ0) is 38.5. The van der Waals surface area contributed by atoms with Gasteiger partial charge in [-0.3, -0.25) is 14.4 Å². The summed E-state index contributed by atoms with van der Waals surface area (Å²) in [4.78, 5) is 49.5. The Kier molecular flexibility index (Phi) is 12.0. The number of alkyl halides is 3. The lowest BCUT2D eigenvalue weighted by molar-refractivity contribution is -0.274. The van der Waals surface area contributed by atoms with Crippen LogP contribution >= 0.6 is 0 Å². The van der Waals surface area contributed by atoms with Gasteiger partial charge < -0.3 is 34.3 Å². The van der Waals surface area contributed by atoms with Gasteiger partial charge in [-0.05, 0) is 79.9 Å². The molecule has 11 nitrogen and oxygen atoms in total. The lowest BCUT2D eigenvalue weighted by Crippen LogP contribution is -2.59. The van der Waals surface area contributed by atoms with E-state index in [0.29, 0.717) is 12.1 Å². The van der Waals surface area contributed by atoms with Crippen LogP contribution in [0.4, 0.5) is 17.6 Å². The molecule has 0 saturated carbocycles. The van der Waals surface area contributed by atoms with Crippen LogP contribution in [0.5, 0.6) is 11.5 Å². The standard InChI is InChI=1S/C38H44F4N6O5/c1-24(43-5)34(49)45-33(37(2,3)4)36(51)48-22-30(52-28-13-15-29(16-14-28)53-38(40,41)42)20-27(48)21-47(19-17-25-9-11-26(39)12-10-25)35(50)31-23-46-18-7-6-8-32(46)44-31/h6-16,18,23-24,27,30,33,43H,17,19-22H2,1-5H3,(H,45,49). The summed E-state index contributed by atoms with van der Waals surface area (Å²) in [7, 11) is 1.64. The predicted molar refractivity (Wildman–Crippen MR) is 189 cm³/mol. The van der Waals surface area contributed by atoms with Crippen LogP contribution in [-0.4, -0.2) is 94.2 Å².